The lowest BCUT2D eigenvalue weighted by Gasteiger charge is -2.18. The van der Waals surface area contributed by atoms with Gasteiger partial charge in [0.05, 0.1) is 18.7 Å². The number of carbonyl (C=O) groups is 2. The summed E-state index contributed by atoms with van der Waals surface area (Å²) >= 11 is 1.52. The Kier molecular flexibility index (Phi) is 5.58. The van der Waals surface area contributed by atoms with Crippen LogP contribution in [0.15, 0.2) is 0 Å². The lowest BCUT2D eigenvalue weighted by molar-refractivity contribution is -0.116. The minimum atomic E-state index is -0.324. The van der Waals surface area contributed by atoms with E-state index in [9.17, 15) is 9.59 Å². The number of nitrogens with one attached hydrogen (secondary N) is 1. The van der Waals surface area contributed by atoms with Gasteiger partial charge in [-0.05, 0) is 51.8 Å². The van der Waals surface area contributed by atoms with E-state index in [1.807, 2.05) is 14.1 Å². The van der Waals surface area contributed by atoms with Crippen LogP contribution in [0.3, 0.4) is 0 Å². The average molecular weight is 324 g/mol. The predicted octanol–water partition coefficient (Wildman–Crippen LogP) is 2.55. The number of rotatable bonds is 5. The number of hydrogen-bond donors (Lipinski definition) is 1. The summed E-state index contributed by atoms with van der Waals surface area (Å²) in [4.78, 5) is 27.4. The molecule has 1 atom stereocenters. The molecule has 22 heavy (non-hydrogen) atoms. The van der Waals surface area contributed by atoms with Gasteiger partial charge in [0, 0.05) is 4.88 Å². The molecular formula is C16H24N2O3S. The van der Waals surface area contributed by atoms with Crippen LogP contribution < -0.4 is 5.32 Å². The highest BCUT2D eigenvalue weighted by Gasteiger charge is 2.29. The van der Waals surface area contributed by atoms with Gasteiger partial charge in [-0.15, -0.1) is 11.3 Å². The zero-order valence-corrected chi connectivity index (χ0v) is 14.5. The summed E-state index contributed by atoms with van der Waals surface area (Å²) < 4.78 is 5.19. The van der Waals surface area contributed by atoms with Gasteiger partial charge in [0.2, 0.25) is 5.91 Å². The molecular weight excluding hydrogens is 300 g/mol. The van der Waals surface area contributed by atoms with Crippen LogP contribution in [0.4, 0.5) is 5.00 Å². The van der Waals surface area contributed by atoms with Crippen molar-refractivity contribution in [2.45, 2.75) is 33.1 Å². The van der Waals surface area contributed by atoms with E-state index < -0.39 is 0 Å². The molecule has 0 aromatic carbocycles. The highest BCUT2D eigenvalue weighted by molar-refractivity contribution is 7.17. The molecule has 1 unspecified atom stereocenters. The maximum atomic E-state index is 12.3. The number of nitrogens with zero attached hydrogens (tertiary/aromatic N) is 1. The molecule has 0 radical (unpaired) electrons. The second-order valence-electron chi connectivity index (χ2n) is 6.06. The number of ether oxygens (including phenoxy) is 1. The van der Waals surface area contributed by atoms with E-state index in [4.69, 9.17) is 4.74 Å². The van der Waals surface area contributed by atoms with Gasteiger partial charge in [-0.25, -0.2) is 4.79 Å². The smallest absolute Gasteiger partial charge is 0.341 e. The number of fused-ring (bicyclic) bond motifs is 1. The van der Waals surface area contributed by atoms with Gasteiger partial charge in [0.25, 0.3) is 0 Å². The Labute approximate surface area is 135 Å². The van der Waals surface area contributed by atoms with Crippen LogP contribution in [0.2, 0.25) is 0 Å². The van der Waals surface area contributed by atoms with Crippen molar-refractivity contribution in [3.05, 3.63) is 16.0 Å². The minimum Gasteiger partial charge on any atom is -0.462 e. The summed E-state index contributed by atoms with van der Waals surface area (Å²) in [6, 6.07) is 0. The minimum absolute atomic E-state index is 0.109. The summed E-state index contributed by atoms with van der Waals surface area (Å²) in [7, 11) is 3.68. The van der Waals surface area contributed by atoms with Crippen LogP contribution >= 0.6 is 11.3 Å². The molecule has 0 spiro atoms. The molecule has 5 nitrogen and oxygen atoms in total. The third kappa shape index (κ3) is 3.87. The molecule has 1 aliphatic rings. The monoisotopic (exact) mass is 324 g/mol. The molecule has 2 rings (SSSR count). The zero-order valence-electron chi connectivity index (χ0n) is 13.7. The van der Waals surface area contributed by atoms with Crippen molar-refractivity contribution in [2.75, 3.05) is 32.6 Å². The van der Waals surface area contributed by atoms with E-state index >= 15 is 0 Å². The standard InChI is InChI=1S/C16H24N2O3S/c1-5-21-16(20)14-11-7-6-10(2)8-12(11)22-15(14)17-13(19)9-18(3)4/h10H,5-9H2,1-4H3,(H,17,19). The Balaban J connectivity index is 2.31. The predicted molar refractivity (Wildman–Crippen MR) is 88.6 cm³/mol. The molecule has 0 aliphatic heterocycles. The van der Waals surface area contributed by atoms with E-state index in [0.717, 1.165) is 24.8 Å². The first-order valence-electron chi connectivity index (χ1n) is 7.68. The maximum absolute atomic E-state index is 12.3. The molecule has 0 saturated carbocycles. The van der Waals surface area contributed by atoms with Crippen LogP contribution in [-0.4, -0.2) is 44.0 Å². The second kappa shape index (κ2) is 7.24. The van der Waals surface area contributed by atoms with Gasteiger partial charge < -0.3 is 15.0 Å². The first kappa shape index (κ1) is 17.0. The van der Waals surface area contributed by atoms with Crippen LogP contribution in [0, 0.1) is 5.92 Å². The fourth-order valence-electron chi connectivity index (χ4n) is 2.71. The molecule has 1 aromatic heterocycles. The Morgan fingerprint density at radius 1 is 1.41 bits per heavy atom. The lowest BCUT2D eigenvalue weighted by Crippen LogP contribution is -2.27. The summed E-state index contributed by atoms with van der Waals surface area (Å²) in [5.74, 6) is 0.184. The fourth-order valence-corrected chi connectivity index (χ4v) is 4.13. The molecule has 0 fully saturated rings. The van der Waals surface area contributed by atoms with Crippen molar-refractivity contribution in [2.24, 2.45) is 5.92 Å². The number of anilines is 1. The van der Waals surface area contributed by atoms with Gasteiger partial charge in [-0.1, -0.05) is 6.92 Å². The van der Waals surface area contributed by atoms with Gasteiger partial charge >= 0.3 is 5.97 Å². The highest BCUT2D eigenvalue weighted by Crippen LogP contribution is 2.40. The number of carbonyl (C=O) groups excluding carboxylic acids is 2. The second-order valence-corrected chi connectivity index (χ2v) is 7.17. The van der Waals surface area contributed by atoms with E-state index in [-0.39, 0.29) is 11.9 Å². The van der Waals surface area contributed by atoms with E-state index in [2.05, 4.69) is 12.2 Å². The molecule has 0 saturated heterocycles. The van der Waals surface area contributed by atoms with Crippen molar-refractivity contribution in [3.8, 4) is 0 Å². The van der Waals surface area contributed by atoms with Gasteiger partial charge in [-0.3, -0.25) is 4.79 Å². The quantitative estimate of drug-likeness (QED) is 0.846. The SMILES string of the molecule is CCOC(=O)c1c(NC(=O)CN(C)C)sc2c1CCC(C)C2. The Morgan fingerprint density at radius 2 is 2.14 bits per heavy atom. The summed E-state index contributed by atoms with van der Waals surface area (Å²) in [5.41, 5.74) is 1.64. The Hall–Kier alpha value is -1.40. The van der Waals surface area contributed by atoms with E-state index in [1.54, 1.807) is 11.8 Å². The van der Waals surface area contributed by atoms with Crippen LogP contribution in [0.5, 0.6) is 0 Å². The summed E-state index contributed by atoms with van der Waals surface area (Å²) in [6.45, 7) is 4.65. The summed E-state index contributed by atoms with van der Waals surface area (Å²) in [6.07, 6.45) is 2.92. The lowest BCUT2D eigenvalue weighted by atomic mass is 9.88. The number of esters is 1. The third-order valence-electron chi connectivity index (χ3n) is 3.70. The van der Waals surface area contributed by atoms with Crippen molar-refractivity contribution in [1.82, 2.24) is 4.90 Å². The van der Waals surface area contributed by atoms with Crippen molar-refractivity contribution in [1.29, 1.82) is 0 Å². The van der Waals surface area contributed by atoms with E-state index in [0.29, 0.717) is 29.6 Å². The molecule has 1 N–H and O–H groups in total. The van der Waals surface area contributed by atoms with Crippen molar-refractivity contribution in [3.63, 3.8) is 0 Å². The molecule has 1 aromatic rings. The Bertz CT molecular complexity index is 566. The molecule has 1 heterocycles. The normalized spacial score (nSPS) is 17.2. The van der Waals surface area contributed by atoms with Gasteiger partial charge in [0.15, 0.2) is 0 Å². The summed E-state index contributed by atoms with van der Waals surface area (Å²) in [5, 5.41) is 3.53. The van der Waals surface area contributed by atoms with Crippen molar-refractivity contribution >= 4 is 28.2 Å². The molecule has 0 bridgehead atoms. The van der Waals surface area contributed by atoms with Crippen molar-refractivity contribution < 1.29 is 14.3 Å². The topological polar surface area (TPSA) is 58.6 Å². The molecule has 6 heteroatoms. The number of likely N-dealkylation sites (N-methyl/N-ethyl adjacent to an activating group) is 1. The average Bonchev–Trinajstić information content (AvgIpc) is 2.74. The Morgan fingerprint density at radius 3 is 2.77 bits per heavy atom. The third-order valence-corrected chi connectivity index (χ3v) is 4.87. The number of amides is 1. The fraction of sp³-hybridized carbons (Fsp3) is 0.625. The van der Waals surface area contributed by atoms with Gasteiger partial charge in [0.1, 0.15) is 5.00 Å². The van der Waals surface area contributed by atoms with Crippen LogP contribution in [0.25, 0.3) is 0 Å². The molecule has 1 amide bonds. The number of hydrogen-bond acceptors (Lipinski definition) is 5. The van der Waals surface area contributed by atoms with E-state index in [1.165, 1.54) is 16.2 Å². The van der Waals surface area contributed by atoms with Gasteiger partial charge in [-0.2, -0.15) is 0 Å². The zero-order chi connectivity index (χ0) is 16.3. The van der Waals surface area contributed by atoms with Crippen LogP contribution in [-0.2, 0) is 22.4 Å². The largest absolute Gasteiger partial charge is 0.462 e. The molecule has 1 aliphatic carbocycles. The first-order valence-corrected chi connectivity index (χ1v) is 8.50. The number of thiophene rings is 1. The first-order chi connectivity index (χ1) is 10.4. The maximum Gasteiger partial charge on any atom is 0.341 e. The molecule has 122 valence electrons. The highest BCUT2D eigenvalue weighted by atomic mass is 32.1. The van der Waals surface area contributed by atoms with Crippen LogP contribution in [0.1, 0.15) is 41.1 Å².